The normalized spacial score (nSPS) is 21.4. The van der Waals surface area contributed by atoms with Crippen molar-refractivity contribution in [3.05, 3.63) is 16.1 Å². The van der Waals surface area contributed by atoms with E-state index in [9.17, 15) is 4.79 Å². The average Bonchev–Trinajstić information content (AvgIpc) is 2.64. The highest BCUT2D eigenvalue weighted by molar-refractivity contribution is 7.09. The molecule has 1 saturated heterocycles. The molecule has 1 aromatic rings. The number of aryl methyl sites for hydroxylation is 1. The molecule has 4 nitrogen and oxygen atoms in total. The molecule has 1 aliphatic rings. The van der Waals surface area contributed by atoms with Crippen LogP contribution >= 0.6 is 11.3 Å². The van der Waals surface area contributed by atoms with Crippen LogP contribution in [0.4, 0.5) is 0 Å². The zero-order valence-corrected chi connectivity index (χ0v) is 9.56. The molecule has 0 bridgehead atoms. The molecular weight excluding hydrogens is 210 g/mol. The summed E-state index contributed by atoms with van der Waals surface area (Å²) in [4.78, 5) is 15.3. The first-order chi connectivity index (χ1) is 7.24. The molecule has 1 atom stereocenters. The predicted molar refractivity (Wildman–Crippen MR) is 59.7 cm³/mol. The van der Waals surface area contributed by atoms with Crippen molar-refractivity contribution in [1.29, 1.82) is 0 Å². The second kappa shape index (κ2) is 4.72. The van der Waals surface area contributed by atoms with Gasteiger partial charge in [-0.15, -0.1) is 11.3 Å². The summed E-state index contributed by atoms with van der Waals surface area (Å²) in [6.07, 6.45) is 1.56. The van der Waals surface area contributed by atoms with Crippen molar-refractivity contribution in [1.82, 2.24) is 15.6 Å². The predicted octanol–water partition coefficient (Wildman–Crippen LogP) is 0.820. The Balaban J connectivity index is 1.76. The molecule has 0 spiro atoms. The number of nitrogens with one attached hydrogen (secondary N) is 2. The van der Waals surface area contributed by atoms with Gasteiger partial charge in [0.25, 0.3) is 0 Å². The molecule has 1 aromatic heterocycles. The average molecular weight is 225 g/mol. The highest BCUT2D eigenvalue weighted by Crippen LogP contribution is 2.09. The number of aromatic nitrogens is 1. The second-order valence-electron chi connectivity index (χ2n) is 3.78. The van der Waals surface area contributed by atoms with Crippen LogP contribution in [-0.4, -0.2) is 23.5 Å². The highest BCUT2D eigenvalue weighted by Gasteiger charge is 2.17. The third-order valence-corrected chi connectivity index (χ3v) is 3.33. The molecule has 1 amide bonds. The van der Waals surface area contributed by atoms with Gasteiger partial charge in [0, 0.05) is 30.9 Å². The first-order valence-corrected chi connectivity index (χ1v) is 6.03. The van der Waals surface area contributed by atoms with Gasteiger partial charge in [0.2, 0.25) is 5.91 Å². The van der Waals surface area contributed by atoms with Gasteiger partial charge >= 0.3 is 0 Å². The number of carbonyl (C=O) groups is 1. The van der Waals surface area contributed by atoms with Gasteiger partial charge in [0.1, 0.15) is 0 Å². The van der Waals surface area contributed by atoms with Crippen molar-refractivity contribution in [2.45, 2.75) is 32.4 Å². The van der Waals surface area contributed by atoms with Gasteiger partial charge in [0.05, 0.1) is 10.7 Å². The lowest BCUT2D eigenvalue weighted by atomic mass is 10.1. The van der Waals surface area contributed by atoms with E-state index in [1.807, 2.05) is 6.92 Å². The van der Waals surface area contributed by atoms with Crippen LogP contribution in [0.1, 0.15) is 23.5 Å². The first kappa shape index (κ1) is 10.6. The number of hydrogen-bond donors (Lipinski definition) is 2. The maximum Gasteiger partial charge on any atom is 0.220 e. The molecule has 5 heteroatoms. The summed E-state index contributed by atoms with van der Waals surface area (Å²) in [6.45, 7) is 3.54. The summed E-state index contributed by atoms with van der Waals surface area (Å²) >= 11 is 1.67. The van der Waals surface area contributed by atoms with E-state index in [1.54, 1.807) is 11.3 Å². The second-order valence-corrected chi connectivity index (χ2v) is 4.84. The van der Waals surface area contributed by atoms with Crippen LogP contribution in [0.3, 0.4) is 0 Å². The van der Waals surface area contributed by atoms with Crippen molar-refractivity contribution in [3.8, 4) is 0 Å². The topological polar surface area (TPSA) is 54.0 Å². The Labute approximate surface area is 93.1 Å². The molecule has 2 rings (SSSR count). The number of rotatable bonds is 3. The fourth-order valence-electron chi connectivity index (χ4n) is 1.65. The fraction of sp³-hybridized carbons (Fsp3) is 0.600. The molecule has 0 aliphatic carbocycles. The molecule has 0 saturated carbocycles. The number of carbonyl (C=O) groups excluding carboxylic acids is 1. The molecule has 82 valence electrons. The minimum atomic E-state index is 0.164. The van der Waals surface area contributed by atoms with Gasteiger partial charge < -0.3 is 10.6 Å². The summed E-state index contributed by atoms with van der Waals surface area (Å²) in [5, 5.41) is 9.43. The molecule has 2 N–H and O–H groups in total. The maximum absolute atomic E-state index is 10.9. The summed E-state index contributed by atoms with van der Waals surface area (Å²) < 4.78 is 0. The minimum Gasteiger partial charge on any atom is -0.355 e. The van der Waals surface area contributed by atoms with Gasteiger partial charge in [-0.3, -0.25) is 4.79 Å². The maximum atomic E-state index is 10.9. The fourth-order valence-corrected chi connectivity index (χ4v) is 2.26. The van der Waals surface area contributed by atoms with E-state index in [0.717, 1.165) is 30.2 Å². The van der Waals surface area contributed by atoms with Crippen molar-refractivity contribution in [3.63, 3.8) is 0 Å². The molecule has 15 heavy (non-hydrogen) atoms. The Hall–Kier alpha value is -0.940. The summed E-state index contributed by atoms with van der Waals surface area (Å²) in [6, 6.07) is 0.393. The van der Waals surface area contributed by atoms with Crippen LogP contribution in [-0.2, 0) is 11.3 Å². The lowest BCUT2D eigenvalue weighted by Crippen LogP contribution is -2.45. The quantitative estimate of drug-likeness (QED) is 0.801. The van der Waals surface area contributed by atoms with Crippen LogP contribution in [0, 0.1) is 6.92 Å². The van der Waals surface area contributed by atoms with E-state index in [1.165, 1.54) is 0 Å². The van der Waals surface area contributed by atoms with Crippen molar-refractivity contribution in [2.24, 2.45) is 0 Å². The molecule has 0 aromatic carbocycles. The van der Waals surface area contributed by atoms with Crippen molar-refractivity contribution in [2.75, 3.05) is 6.54 Å². The van der Waals surface area contributed by atoms with E-state index in [4.69, 9.17) is 0 Å². The summed E-state index contributed by atoms with van der Waals surface area (Å²) in [5.74, 6) is 0.164. The van der Waals surface area contributed by atoms with E-state index >= 15 is 0 Å². The Morgan fingerprint density at radius 1 is 1.73 bits per heavy atom. The molecule has 0 radical (unpaired) electrons. The van der Waals surface area contributed by atoms with Gasteiger partial charge in [-0.2, -0.15) is 0 Å². The van der Waals surface area contributed by atoms with Gasteiger partial charge in [0.15, 0.2) is 0 Å². The zero-order valence-electron chi connectivity index (χ0n) is 8.75. The smallest absolute Gasteiger partial charge is 0.220 e. The lowest BCUT2D eigenvalue weighted by Gasteiger charge is -2.23. The first-order valence-electron chi connectivity index (χ1n) is 5.15. The largest absolute Gasteiger partial charge is 0.355 e. The molecule has 1 unspecified atom stereocenters. The van der Waals surface area contributed by atoms with Crippen LogP contribution < -0.4 is 10.6 Å². The molecular formula is C10H15N3OS. The third-order valence-electron chi connectivity index (χ3n) is 2.50. The number of piperidine rings is 1. The minimum absolute atomic E-state index is 0.164. The Bertz CT molecular complexity index is 340. The van der Waals surface area contributed by atoms with Gasteiger partial charge in [-0.25, -0.2) is 4.98 Å². The highest BCUT2D eigenvalue weighted by atomic mass is 32.1. The van der Waals surface area contributed by atoms with Crippen LogP contribution in [0.5, 0.6) is 0 Å². The molecule has 1 aliphatic heterocycles. The van der Waals surface area contributed by atoms with E-state index in [-0.39, 0.29) is 5.91 Å². The SMILES string of the molecule is Cc1nc(CNC2CCC(=O)NC2)cs1. The van der Waals surface area contributed by atoms with Gasteiger partial charge in [-0.1, -0.05) is 0 Å². The van der Waals surface area contributed by atoms with Crippen molar-refractivity contribution >= 4 is 17.2 Å². The standard InChI is InChI=1S/C10H15N3OS/c1-7-13-9(6-15-7)5-11-8-2-3-10(14)12-4-8/h6,8,11H,2-5H2,1H3,(H,12,14). The number of thiazole rings is 1. The van der Waals surface area contributed by atoms with Crippen LogP contribution in [0.2, 0.25) is 0 Å². The number of nitrogens with zero attached hydrogens (tertiary/aromatic N) is 1. The third kappa shape index (κ3) is 3.00. The Morgan fingerprint density at radius 3 is 3.20 bits per heavy atom. The number of hydrogen-bond acceptors (Lipinski definition) is 4. The van der Waals surface area contributed by atoms with E-state index in [0.29, 0.717) is 12.5 Å². The molecule has 1 fully saturated rings. The van der Waals surface area contributed by atoms with Crippen LogP contribution in [0.15, 0.2) is 5.38 Å². The zero-order chi connectivity index (χ0) is 10.7. The van der Waals surface area contributed by atoms with E-state index < -0.39 is 0 Å². The Kier molecular flexibility index (Phi) is 3.33. The van der Waals surface area contributed by atoms with Gasteiger partial charge in [-0.05, 0) is 13.3 Å². The monoisotopic (exact) mass is 225 g/mol. The summed E-state index contributed by atoms with van der Waals surface area (Å²) in [5.41, 5.74) is 1.09. The molecule has 2 heterocycles. The lowest BCUT2D eigenvalue weighted by molar-refractivity contribution is -0.122. The Morgan fingerprint density at radius 2 is 2.60 bits per heavy atom. The van der Waals surface area contributed by atoms with Crippen molar-refractivity contribution < 1.29 is 4.79 Å². The summed E-state index contributed by atoms with van der Waals surface area (Å²) in [7, 11) is 0. The number of amides is 1. The van der Waals surface area contributed by atoms with E-state index in [2.05, 4.69) is 21.0 Å². The van der Waals surface area contributed by atoms with Crippen LogP contribution in [0.25, 0.3) is 0 Å².